The molecule has 2 amide bonds. The van der Waals surface area contributed by atoms with Crippen molar-refractivity contribution in [2.75, 3.05) is 13.6 Å². The van der Waals surface area contributed by atoms with E-state index < -0.39 is 5.60 Å². The Morgan fingerprint density at radius 1 is 1.16 bits per heavy atom. The number of carbonyl (C=O) groups is 1. The number of rotatable bonds is 6. The fourth-order valence-corrected chi connectivity index (χ4v) is 2.52. The maximum atomic E-state index is 12.0. The molecule has 2 N–H and O–H groups in total. The number of aliphatic hydroxyl groups is 1. The van der Waals surface area contributed by atoms with Crippen LogP contribution in [0.1, 0.15) is 25.0 Å². The van der Waals surface area contributed by atoms with E-state index in [4.69, 9.17) is 0 Å². The van der Waals surface area contributed by atoms with E-state index in [1.807, 2.05) is 30.3 Å². The van der Waals surface area contributed by atoms with Gasteiger partial charge in [0.2, 0.25) is 0 Å². The number of nitrogens with one attached hydrogen (secondary N) is 1. The van der Waals surface area contributed by atoms with Crippen molar-refractivity contribution in [3.05, 3.63) is 70.1 Å². The standard InChI is InChI=1S/C19H25N3O3/c1-19(2,25)14-21(3)18(24)20-12-15-7-9-16(10-8-15)13-22-11-5-4-6-17(22)23/h4-11,25H,12-14H2,1-3H3,(H,20,24). The van der Waals surface area contributed by atoms with E-state index in [0.717, 1.165) is 11.1 Å². The lowest BCUT2D eigenvalue weighted by molar-refractivity contribution is 0.0531. The number of likely N-dealkylation sites (N-methyl/N-ethyl adjacent to an activating group) is 1. The first kappa shape index (κ1) is 18.7. The van der Waals surface area contributed by atoms with Crippen LogP contribution in [0.3, 0.4) is 0 Å². The van der Waals surface area contributed by atoms with Crippen LogP contribution >= 0.6 is 0 Å². The number of pyridine rings is 1. The quantitative estimate of drug-likeness (QED) is 0.840. The number of carbonyl (C=O) groups excluding carboxylic acids is 1. The average molecular weight is 343 g/mol. The Balaban J connectivity index is 1.89. The van der Waals surface area contributed by atoms with E-state index >= 15 is 0 Å². The minimum Gasteiger partial charge on any atom is -0.389 e. The van der Waals surface area contributed by atoms with Crippen molar-refractivity contribution in [3.8, 4) is 0 Å². The van der Waals surface area contributed by atoms with Gasteiger partial charge < -0.3 is 19.9 Å². The fourth-order valence-electron chi connectivity index (χ4n) is 2.52. The summed E-state index contributed by atoms with van der Waals surface area (Å²) in [5, 5.41) is 12.6. The van der Waals surface area contributed by atoms with Gasteiger partial charge in [-0.1, -0.05) is 30.3 Å². The lowest BCUT2D eigenvalue weighted by Crippen LogP contribution is -2.44. The highest BCUT2D eigenvalue weighted by Crippen LogP contribution is 2.07. The van der Waals surface area contributed by atoms with Crippen molar-refractivity contribution in [2.45, 2.75) is 32.5 Å². The molecule has 0 spiro atoms. The van der Waals surface area contributed by atoms with E-state index in [2.05, 4.69) is 5.32 Å². The van der Waals surface area contributed by atoms with E-state index in [1.165, 1.54) is 11.0 Å². The normalized spacial score (nSPS) is 11.2. The van der Waals surface area contributed by atoms with Crippen molar-refractivity contribution >= 4 is 6.03 Å². The smallest absolute Gasteiger partial charge is 0.317 e. The van der Waals surface area contributed by atoms with Gasteiger partial charge in [-0.05, 0) is 31.0 Å². The molecule has 0 aliphatic rings. The zero-order valence-corrected chi connectivity index (χ0v) is 14.9. The summed E-state index contributed by atoms with van der Waals surface area (Å²) in [7, 11) is 1.65. The van der Waals surface area contributed by atoms with Crippen molar-refractivity contribution in [2.24, 2.45) is 0 Å². The third kappa shape index (κ3) is 6.08. The van der Waals surface area contributed by atoms with E-state index in [0.29, 0.717) is 13.1 Å². The molecule has 0 saturated carbocycles. The SMILES string of the molecule is CN(CC(C)(C)O)C(=O)NCc1ccc(Cn2ccccc2=O)cc1. The van der Waals surface area contributed by atoms with Gasteiger partial charge in [0.15, 0.2) is 0 Å². The lowest BCUT2D eigenvalue weighted by atomic mass is 10.1. The van der Waals surface area contributed by atoms with Crippen LogP contribution in [0, 0.1) is 0 Å². The number of hydrogen-bond donors (Lipinski definition) is 2. The summed E-state index contributed by atoms with van der Waals surface area (Å²) in [4.78, 5) is 25.2. The molecule has 0 unspecified atom stereocenters. The second-order valence-electron chi connectivity index (χ2n) is 6.81. The first-order chi connectivity index (χ1) is 11.7. The summed E-state index contributed by atoms with van der Waals surface area (Å²) in [5.41, 5.74) is 1.02. The topological polar surface area (TPSA) is 74.6 Å². The Labute approximate surface area is 147 Å². The van der Waals surface area contributed by atoms with Crippen molar-refractivity contribution in [3.63, 3.8) is 0 Å². The van der Waals surface area contributed by atoms with E-state index in [1.54, 1.807) is 37.7 Å². The molecule has 2 aromatic rings. The molecule has 1 heterocycles. The summed E-state index contributed by atoms with van der Waals surface area (Å²) in [6.07, 6.45) is 1.76. The number of aromatic nitrogens is 1. The molecule has 0 atom stereocenters. The Hall–Kier alpha value is -2.60. The van der Waals surface area contributed by atoms with Crippen molar-refractivity contribution in [1.82, 2.24) is 14.8 Å². The van der Waals surface area contributed by atoms with Gasteiger partial charge in [-0.25, -0.2) is 4.79 Å². The summed E-state index contributed by atoms with van der Waals surface area (Å²) in [6, 6.07) is 12.6. The van der Waals surface area contributed by atoms with Crippen LogP contribution in [0.2, 0.25) is 0 Å². The third-order valence-electron chi connectivity index (χ3n) is 3.69. The zero-order chi connectivity index (χ0) is 18.4. The molecule has 6 heteroatoms. The monoisotopic (exact) mass is 343 g/mol. The predicted molar refractivity (Wildman–Crippen MR) is 97.4 cm³/mol. The first-order valence-electron chi connectivity index (χ1n) is 8.19. The highest BCUT2D eigenvalue weighted by molar-refractivity contribution is 5.73. The van der Waals surface area contributed by atoms with Gasteiger partial charge in [0.1, 0.15) is 0 Å². The Morgan fingerprint density at radius 3 is 2.40 bits per heavy atom. The van der Waals surface area contributed by atoms with Crippen LogP contribution in [-0.2, 0) is 13.1 Å². The molecule has 0 radical (unpaired) electrons. The molecule has 2 rings (SSSR count). The van der Waals surface area contributed by atoms with Crippen LogP contribution in [0.4, 0.5) is 4.79 Å². The predicted octanol–water partition coefficient (Wildman–Crippen LogP) is 1.81. The third-order valence-corrected chi connectivity index (χ3v) is 3.69. The molecule has 6 nitrogen and oxygen atoms in total. The number of hydrogen-bond acceptors (Lipinski definition) is 3. The van der Waals surface area contributed by atoms with E-state index in [9.17, 15) is 14.7 Å². The molecule has 0 aliphatic heterocycles. The second-order valence-corrected chi connectivity index (χ2v) is 6.81. The van der Waals surface area contributed by atoms with Crippen LogP contribution < -0.4 is 10.9 Å². The molecule has 0 saturated heterocycles. The molecule has 0 aliphatic carbocycles. The number of nitrogens with zero attached hydrogens (tertiary/aromatic N) is 2. The molecular weight excluding hydrogens is 318 g/mol. The second kappa shape index (κ2) is 7.98. The van der Waals surface area contributed by atoms with Crippen LogP contribution in [-0.4, -0.2) is 39.8 Å². The Bertz CT molecular complexity index is 760. The minimum atomic E-state index is -0.927. The zero-order valence-electron chi connectivity index (χ0n) is 14.9. The summed E-state index contributed by atoms with van der Waals surface area (Å²) in [6.45, 7) is 4.49. The fraction of sp³-hybridized carbons (Fsp3) is 0.368. The average Bonchev–Trinajstić information content (AvgIpc) is 2.54. The molecule has 0 fully saturated rings. The van der Waals surface area contributed by atoms with Gasteiger partial charge in [0.25, 0.3) is 5.56 Å². The molecule has 134 valence electrons. The lowest BCUT2D eigenvalue weighted by Gasteiger charge is -2.25. The van der Waals surface area contributed by atoms with E-state index in [-0.39, 0.29) is 18.1 Å². The van der Waals surface area contributed by atoms with Gasteiger partial charge in [-0.15, -0.1) is 0 Å². The Kier molecular flexibility index (Phi) is 5.98. The highest BCUT2D eigenvalue weighted by atomic mass is 16.3. The molecule has 25 heavy (non-hydrogen) atoms. The molecular formula is C19H25N3O3. The van der Waals surface area contributed by atoms with Crippen LogP contribution in [0.5, 0.6) is 0 Å². The largest absolute Gasteiger partial charge is 0.389 e. The molecule has 1 aromatic heterocycles. The van der Waals surface area contributed by atoms with Crippen LogP contribution in [0.25, 0.3) is 0 Å². The maximum Gasteiger partial charge on any atom is 0.317 e. The summed E-state index contributed by atoms with van der Waals surface area (Å²) >= 11 is 0. The van der Waals surface area contributed by atoms with Gasteiger partial charge in [0.05, 0.1) is 18.7 Å². The molecule has 0 bridgehead atoms. The van der Waals surface area contributed by atoms with Gasteiger partial charge >= 0.3 is 6.03 Å². The van der Waals surface area contributed by atoms with Crippen molar-refractivity contribution in [1.29, 1.82) is 0 Å². The van der Waals surface area contributed by atoms with Gasteiger partial charge in [-0.3, -0.25) is 4.79 Å². The first-order valence-corrected chi connectivity index (χ1v) is 8.19. The number of urea groups is 1. The van der Waals surface area contributed by atoms with Crippen molar-refractivity contribution < 1.29 is 9.90 Å². The minimum absolute atomic E-state index is 0.0336. The summed E-state index contributed by atoms with van der Waals surface area (Å²) in [5.74, 6) is 0. The summed E-state index contributed by atoms with van der Waals surface area (Å²) < 4.78 is 1.64. The van der Waals surface area contributed by atoms with Crippen LogP contribution in [0.15, 0.2) is 53.5 Å². The highest BCUT2D eigenvalue weighted by Gasteiger charge is 2.18. The Morgan fingerprint density at radius 2 is 1.80 bits per heavy atom. The number of amides is 2. The van der Waals surface area contributed by atoms with Gasteiger partial charge in [-0.2, -0.15) is 0 Å². The molecule has 1 aromatic carbocycles. The number of benzene rings is 1. The van der Waals surface area contributed by atoms with Gasteiger partial charge in [0, 0.05) is 25.9 Å². The maximum absolute atomic E-state index is 12.0.